The molecule has 3 rings (SSSR count). The third-order valence-electron chi connectivity index (χ3n) is 6.84. The van der Waals surface area contributed by atoms with E-state index in [9.17, 15) is 13.0 Å². The van der Waals surface area contributed by atoms with Gasteiger partial charge >= 0.3 is 0 Å². The Kier molecular flexibility index (Phi) is 21.9. The Hall–Kier alpha value is -3.39. The zero-order chi connectivity index (χ0) is 34.3. The molecular formula is C37H53NO9S. The minimum atomic E-state index is -4.79. The number of ether oxygens (including phenoxy) is 5. The van der Waals surface area contributed by atoms with Crippen molar-refractivity contribution in [1.29, 1.82) is 0 Å². The van der Waals surface area contributed by atoms with Crippen molar-refractivity contribution in [1.82, 2.24) is 6.15 Å². The molecule has 266 valence electrons. The smallest absolute Gasteiger partial charge is 0.217 e. The van der Waals surface area contributed by atoms with Gasteiger partial charge in [0.1, 0.15) is 24.6 Å². The summed E-state index contributed by atoms with van der Waals surface area (Å²) >= 11 is 0. The summed E-state index contributed by atoms with van der Waals surface area (Å²) in [5, 5.41) is 0. The van der Waals surface area contributed by atoms with E-state index in [1.807, 2.05) is 48.5 Å². The van der Waals surface area contributed by atoms with Crippen LogP contribution in [0.4, 0.5) is 0 Å². The van der Waals surface area contributed by atoms with E-state index < -0.39 is 29.2 Å². The number of quaternary nitrogens is 1. The fourth-order valence-corrected chi connectivity index (χ4v) is 4.63. The van der Waals surface area contributed by atoms with Crippen LogP contribution in [0, 0.1) is 0 Å². The van der Waals surface area contributed by atoms with Gasteiger partial charge in [0, 0.05) is 11.5 Å². The monoisotopic (exact) mass is 687 g/mol. The largest absolute Gasteiger partial charge is 0.726 e. The molecule has 48 heavy (non-hydrogen) atoms. The Bertz CT molecular complexity index is 1370. The minimum Gasteiger partial charge on any atom is -0.726 e. The predicted molar refractivity (Wildman–Crippen MR) is 190 cm³/mol. The zero-order valence-corrected chi connectivity index (χ0v) is 29.5. The van der Waals surface area contributed by atoms with Crippen LogP contribution < -0.4 is 10.9 Å². The number of hydrogen-bond acceptors (Lipinski definition) is 9. The van der Waals surface area contributed by atoms with Crippen molar-refractivity contribution in [3.63, 3.8) is 0 Å². The molecule has 3 unspecified atom stereocenters. The van der Waals surface area contributed by atoms with Crippen molar-refractivity contribution in [3.8, 4) is 5.75 Å². The molecule has 10 nitrogen and oxygen atoms in total. The second-order valence-corrected chi connectivity index (χ2v) is 11.9. The maximum absolute atomic E-state index is 10.6. The Morgan fingerprint density at radius 2 is 1.21 bits per heavy atom. The highest BCUT2D eigenvalue weighted by molar-refractivity contribution is 7.80. The van der Waals surface area contributed by atoms with E-state index in [0.29, 0.717) is 19.1 Å². The SMILES string of the molecule is C=CCOCC(COc1ccccc1C(C)c1ccccc1)OCC(COCC=C)OCCOS(=O)(=O)[O-].CC(C)c1ccccc1.[NH4+]. The molecule has 0 fully saturated rings. The van der Waals surface area contributed by atoms with Crippen molar-refractivity contribution in [2.75, 3.05) is 52.9 Å². The van der Waals surface area contributed by atoms with E-state index in [-0.39, 0.29) is 45.1 Å². The molecule has 0 aliphatic heterocycles. The highest BCUT2D eigenvalue weighted by Crippen LogP contribution is 2.31. The van der Waals surface area contributed by atoms with Crippen molar-refractivity contribution in [2.24, 2.45) is 0 Å². The van der Waals surface area contributed by atoms with Crippen LogP contribution in [0.25, 0.3) is 0 Å². The lowest BCUT2D eigenvalue weighted by atomic mass is 9.92. The van der Waals surface area contributed by atoms with Crippen LogP contribution in [0.1, 0.15) is 49.3 Å². The summed E-state index contributed by atoms with van der Waals surface area (Å²) in [6, 6.07) is 28.6. The Morgan fingerprint density at radius 1 is 0.688 bits per heavy atom. The molecular weight excluding hydrogens is 634 g/mol. The molecule has 3 aromatic rings. The Morgan fingerprint density at radius 3 is 1.73 bits per heavy atom. The standard InChI is InChI=1S/C28H38O9S.C9H12.H3N/c1-4-15-32-19-25(34-17-18-37-38(29,30)31)21-35-26(20-33-16-5-2)22-36-28-14-10-9-13-27(28)23(3)24-11-7-6-8-12-24;1-8(2)9-6-4-3-5-7-9;/h4-14,23,25-26H,1-2,15-22H2,3H3,(H,29,30,31);3-8H,1-2H3;1H3. The summed E-state index contributed by atoms with van der Waals surface area (Å²) in [4.78, 5) is 0. The van der Waals surface area contributed by atoms with Crippen LogP contribution in [-0.4, -0.2) is 78.0 Å². The van der Waals surface area contributed by atoms with Gasteiger partial charge in [0.25, 0.3) is 0 Å². The molecule has 0 radical (unpaired) electrons. The fraction of sp³-hybridized carbons (Fsp3) is 0.405. The molecule has 0 bridgehead atoms. The molecule has 3 atom stereocenters. The topological polar surface area (TPSA) is 149 Å². The molecule has 0 aliphatic carbocycles. The van der Waals surface area contributed by atoms with Crippen LogP contribution in [0.15, 0.2) is 110 Å². The first kappa shape index (κ1) is 42.6. The van der Waals surface area contributed by atoms with Crippen LogP contribution in [0.5, 0.6) is 5.75 Å². The quantitative estimate of drug-likeness (QED) is 0.0507. The number of para-hydroxylation sites is 1. The van der Waals surface area contributed by atoms with Gasteiger partial charge in [-0.05, 0) is 23.1 Å². The minimum absolute atomic E-state index is 0. The van der Waals surface area contributed by atoms with Crippen LogP contribution >= 0.6 is 0 Å². The number of rotatable bonds is 22. The Labute approximate surface area is 287 Å². The normalized spacial score (nSPS) is 12.9. The summed E-state index contributed by atoms with van der Waals surface area (Å²) in [5.41, 5.74) is 3.65. The average molecular weight is 688 g/mol. The zero-order valence-electron chi connectivity index (χ0n) is 28.7. The van der Waals surface area contributed by atoms with Gasteiger partial charge in [0.2, 0.25) is 10.4 Å². The Balaban J connectivity index is 0.000000991. The molecule has 0 amide bonds. The third-order valence-corrected chi connectivity index (χ3v) is 7.29. The van der Waals surface area contributed by atoms with Crippen LogP contribution in [-0.2, 0) is 33.5 Å². The second-order valence-electron chi connectivity index (χ2n) is 10.9. The molecule has 0 saturated heterocycles. The lowest BCUT2D eigenvalue weighted by molar-refractivity contribution is -0.0993. The average Bonchev–Trinajstić information content (AvgIpc) is 3.07. The highest BCUT2D eigenvalue weighted by atomic mass is 32.3. The number of hydrogen-bond donors (Lipinski definition) is 1. The van der Waals surface area contributed by atoms with Gasteiger partial charge in [-0.3, -0.25) is 4.18 Å². The van der Waals surface area contributed by atoms with Gasteiger partial charge in [0.05, 0.1) is 46.2 Å². The maximum Gasteiger partial charge on any atom is 0.217 e. The molecule has 11 heteroatoms. The van der Waals surface area contributed by atoms with E-state index in [2.05, 4.69) is 74.5 Å². The summed E-state index contributed by atoms with van der Waals surface area (Å²) in [7, 11) is -4.79. The van der Waals surface area contributed by atoms with Gasteiger partial charge in [-0.25, -0.2) is 8.42 Å². The molecule has 0 aromatic heterocycles. The van der Waals surface area contributed by atoms with Crippen LogP contribution in [0.3, 0.4) is 0 Å². The lowest BCUT2D eigenvalue weighted by Gasteiger charge is -2.24. The van der Waals surface area contributed by atoms with E-state index in [1.54, 1.807) is 12.2 Å². The summed E-state index contributed by atoms with van der Waals surface area (Å²) in [6.45, 7) is 14.7. The second kappa shape index (κ2) is 24.7. The number of benzene rings is 3. The van der Waals surface area contributed by atoms with E-state index >= 15 is 0 Å². The van der Waals surface area contributed by atoms with Crippen molar-refractivity contribution in [2.45, 2.75) is 44.8 Å². The summed E-state index contributed by atoms with van der Waals surface area (Å²) in [6.07, 6.45) is 2.24. The summed E-state index contributed by atoms with van der Waals surface area (Å²) < 4.78 is 65.0. The van der Waals surface area contributed by atoms with Gasteiger partial charge in [0.15, 0.2) is 0 Å². The van der Waals surface area contributed by atoms with Crippen molar-refractivity contribution >= 4 is 10.4 Å². The lowest BCUT2D eigenvalue weighted by Crippen LogP contribution is -2.34. The molecule has 0 spiro atoms. The van der Waals surface area contributed by atoms with Crippen molar-refractivity contribution in [3.05, 3.63) is 127 Å². The van der Waals surface area contributed by atoms with E-state index in [0.717, 1.165) is 11.3 Å². The highest BCUT2D eigenvalue weighted by Gasteiger charge is 2.19. The molecule has 0 saturated carbocycles. The third kappa shape index (κ3) is 18.2. The first-order valence-electron chi connectivity index (χ1n) is 15.7. The molecule has 0 heterocycles. The summed E-state index contributed by atoms with van der Waals surface area (Å²) in [5.74, 6) is 1.54. The predicted octanol–water partition coefficient (Wildman–Crippen LogP) is 7.06. The first-order valence-corrected chi connectivity index (χ1v) is 17.0. The van der Waals surface area contributed by atoms with Gasteiger partial charge in [-0.15, -0.1) is 13.2 Å². The van der Waals surface area contributed by atoms with E-state index in [4.69, 9.17) is 23.7 Å². The fourth-order valence-electron chi connectivity index (χ4n) is 4.36. The van der Waals surface area contributed by atoms with Gasteiger partial charge in [-0.1, -0.05) is 112 Å². The molecule has 3 aromatic carbocycles. The van der Waals surface area contributed by atoms with Gasteiger partial charge < -0.3 is 34.4 Å². The van der Waals surface area contributed by atoms with Crippen LogP contribution in [0.2, 0.25) is 0 Å². The first-order chi connectivity index (χ1) is 22.6. The van der Waals surface area contributed by atoms with E-state index in [1.165, 1.54) is 11.1 Å². The molecule has 0 aliphatic rings. The van der Waals surface area contributed by atoms with Crippen molar-refractivity contribution < 1.29 is 40.8 Å². The van der Waals surface area contributed by atoms with Gasteiger partial charge in [-0.2, -0.15) is 0 Å². The molecule has 4 N–H and O–H groups in total. The maximum atomic E-state index is 10.6.